The first-order valence-corrected chi connectivity index (χ1v) is 5.73. The Bertz CT molecular complexity index is 311. The van der Waals surface area contributed by atoms with Crippen molar-refractivity contribution in [3.8, 4) is 0 Å². The molecule has 5 heteroatoms. The molecule has 0 saturated carbocycles. The van der Waals surface area contributed by atoms with Crippen LogP contribution in [-0.2, 0) is 4.74 Å². The average molecular weight is 309 g/mol. The molecule has 0 saturated heterocycles. The highest BCUT2D eigenvalue weighted by atomic mass is 127. The largest absolute Gasteiger partial charge is 0.383 e. The lowest BCUT2D eigenvalue weighted by Gasteiger charge is -2.13. The predicted octanol–water partition coefficient (Wildman–Crippen LogP) is 1.98. The van der Waals surface area contributed by atoms with Gasteiger partial charge in [0.1, 0.15) is 5.82 Å². The number of halogens is 1. The zero-order chi connectivity index (χ0) is 10.7. The van der Waals surface area contributed by atoms with E-state index >= 15 is 0 Å². The molecule has 80 valence electrons. The SMILES string of the molecule is CCOCC(C)n1nc(C)c(I)c1N. The van der Waals surface area contributed by atoms with Crippen molar-refractivity contribution in [2.75, 3.05) is 18.9 Å². The van der Waals surface area contributed by atoms with Gasteiger partial charge in [-0.3, -0.25) is 0 Å². The van der Waals surface area contributed by atoms with Crippen LogP contribution in [0.5, 0.6) is 0 Å². The second-order valence-electron chi connectivity index (χ2n) is 3.24. The Morgan fingerprint density at radius 3 is 2.71 bits per heavy atom. The van der Waals surface area contributed by atoms with E-state index in [4.69, 9.17) is 10.5 Å². The Morgan fingerprint density at radius 2 is 2.29 bits per heavy atom. The fourth-order valence-electron chi connectivity index (χ4n) is 1.24. The molecule has 0 fully saturated rings. The third kappa shape index (κ3) is 2.38. The Kier molecular flexibility index (Phi) is 4.18. The molecule has 0 bridgehead atoms. The summed E-state index contributed by atoms with van der Waals surface area (Å²) in [5.74, 6) is 0.732. The topological polar surface area (TPSA) is 53.1 Å². The molecule has 0 aromatic carbocycles. The minimum Gasteiger partial charge on any atom is -0.383 e. The number of rotatable bonds is 4. The summed E-state index contributed by atoms with van der Waals surface area (Å²) in [6, 6.07) is 0.192. The van der Waals surface area contributed by atoms with E-state index in [0.717, 1.165) is 21.7 Å². The number of anilines is 1. The summed E-state index contributed by atoms with van der Waals surface area (Å²) in [5, 5.41) is 4.37. The first kappa shape index (κ1) is 11.8. The van der Waals surface area contributed by atoms with Gasteiger partial charge in [-0.05, 0) is 43.4 Å². The first-order valence-electron chi connectivity index (χ1n) is 4.65. The maximum absolute atomic E-state index is 5.91. The molecule has 1 heterocycles. The van der Waals surface area contributed by atoms with Crippen LogP contribution >= 0.6 is 22.6 Å². The van der Waals surface area contributed by atoms with Crippen molar-refractivity contribution in [3.05, 3.63) is 9.26 Å². The molecule has 0 radical (unpaired) electrons. The summed E-state index contributed by atoms with van der Waals surface area (Å²) in [6.45, 7) is 7.37. The average Bonchev–Trinajstić information content (AvgIpc) is 2.42. The highest BCUT2D eigenvalue weighted by molar-refractivity contribution is 14.1. The van der Waals surface area contributed by atoms with Crippen LogP contribution in [0.4, 0.5) is 5.82 Å². The lowest BCUT2D eigenvalue weighted by atomic mass is 10.4. The normalized spacial score (nSPS) is 13.1. The molecule has 0 aliphatic carbocycles. The Labute approximate surface area is 97.9 Å². The summed E-state index contributed by atoms with van der Waals surface area (Å²) in [7, 11) is 0. The van der Waals surface area contributed by atoms with Gasteiger partial charge in [0.05, 0.1) is 21.9 Å². The summed E-state index contributed by atoms with van der Waals surface area (Å²) in [6.07, 6.45) is 0. The smallest absolute Gasteiger partial charge is 0.135 e. The number of nitrogens with zero attached hydrogens (tertiary/aromatic N) is 2. The maximum Gasteiger partial charge on any atom is 0.135 e. The number of hydrogen-bond donors (Lipinski definition) is 1. The Morgan fingerprint density at radius 1 is 1.64 bits per heavy atom. The van der Waals surface area contributed by atoms with Gasteiger partial charge in [0.15, 0.2) is 0 Å². The van der Waals surface area contributed by atoms with E-state index in [1.807, 2.05) is 18.5 Å². The van der Waals surface area contributed by atoms with E-state index in [1.54, 1.807) is 0 Å². The fraction of sp³-hybridized carbons (Fsp3) is 0.667. The van der Waals surface area contributed by atoms with E-state index in [2.05, 4.69) is 34.6 Å². The van der Waals surface area contributed by atoms with E-state index in [-0.39, 0.29) is 6.04 Å². The summed E-state index contributed by atoms with van der Waals surface area (Å²) >= 11 is 2.21. The Balaban J connectivity index is 2.79. The van der Waals surface area contributed by atoms with Crippen molar-refractivity contribution >= 4 is 28.4 Å². The molecule has 2 N–H and O–H groups in total. The molecule has 0 amide bonds. The molecular weight excluding hydrogens is 293 g/mol. The van der Waals surface area contributed by atoms with Crippen LogP contribution in [0.25, 0.3) is 0 Å². The van der Waals surface area contributed by atoms with Crippen LogP contribution in [0.3, 0.4) is 0 Å². The van der Waals surface area contributed by atoms with Gasteiger partial charge in [0.2, 0.25) is 0 Å². The lowest BCUT2D eigenvalue weighted by Crippen LogP contribution is -2.15. The molecule has 1 unspecified atom stereocenters. The fourth-order valence-corrected chi connectivity index (χ4v) is 1.60. The van der Waals surface area contributed by atoms with Crippen LogP contribution in [0.1, 0.15) is 25.6 Å². The second kappa shape index (κ2) is 4.97. The number of nitrogens with two attached hydrogens (primary N) is 1. The van der Waals surface area contributed by atoms with Crippen LogP contribution in [-0.4, -0.2) is 23.0 Å². The first-order chi connectivity index (χ1) is 6.57. The molecular formula is C9H16IN3O. The van der Waals surface area contributed by atoms with Gasteiger partial charge in [-0.1, -0.05) is 0 Å². The molecule has 1 aromatic rings. The zero-order valence-electron chi connectivity index (χ0n) is 8.75. The number of ether oxygens (including phenoxy) is 1. The molecule has 4 nitrogen and oxygen atoms in total. The molecule has 1 rings (SSSR count). The molecule has 0 spiro atoms. The maximum atomic E-state index is 5.91. The number of nitrogen functional groups attached to an aromatic ring is 1. The minimum absolute atomic E-state index is 0.192. The summed E-state index contributed by atoms with van der Waals surface area (Å²) in [4.78, 5) is 0. The zero-order valence-corrected chi connectivity index (χ0v) is 10.9. The summed E-state index contributed by atoms with van der Waals surface area (Å²) < 4.78 is 8.19. The molecule has 1 aromatic heterocycles. The molecule has 0 aliphatic rings. The van der Waals surface area contributed by atoms with Crippen LogP contribution < -0.4 is 5.73 Å². The van der Waals surface area contributed by atoms with Crippen molar-refractivity contribution in [2.24, 2.45) is 0 Å². The van der Waals surface area contributed by atoms with Crippen LogP contribution in [0, 0.1) is 10.5 Å². The Hall–Kier alpha value is -0.300. The third-order valence-corrected chi connectivity index (χ3v) is 3.36. The van der Waals surface area contributed by atoms with Gasteiger partial charge in [-0.25, -0.2) is 4.68 Å². The van der Waals surface area contributed by atoms with Gasteiger partial charge < -0.3 is 10.5 Å². The second-order valence-corrected chi connectivity index (χ2v) is 4.32. The van der Waals surface area contributed by atoms with E-state index < -0.39 is 0 Å². The number of hydrogen-bond acceptors (Lipinski definition) is 3. The number of aryl methyl sites for hydroxylation is 1. The van der Waals surface area contributed by atoms with Gasteiger partial charge in [-0.2, -0.15) is 5.10 Å². The van der Waals surface area contributed by atoms with E-state index in [0.29, 0.717) is 6.61 Å². The van der Waals surface area contributed by atoms with Crippen LogP contribution in [0.2, 0.25) is 0 Å². The van der Waals surface area contributed by atoms with Crippen molar-refractivity contribution in [2.45, 2.75) is 26.8 Å². The third-order valence-electron chi connectivity index (χ3n) is 2.03. The number of aromatic nitrogens is 2. The van der Waals surface area contributed by atoms with Crippen molar-refractivity contribution in [1.29, 1.82) is 0 Å². The lowest BCUT2D eigenvalue weighted by molar-refractivity contribution is 0.115. The van der Waals surface area contributed by atoms with Gasteiger partial charge in [0, 0.05) is 6.61 Å². The highest BCUT2D eigenvalue weighted by Gasteiger charge is 2.14. The summed E-state index contributed by atoms with van der Waals surface area (Å²) in [5.41, 5.74) is 6.89. The highest BCUT2D eigenvalue weighted by Crippen LogP contribution is 2.21. The monoisotopic (exact) mass is 309 g/mol. The van der Waals surface area contributed by atoms with Crippen molar-refractivity contribution < 1.29 is 4.74 Å². The van der Waals surface area contributed by atoms with Crippen molar-refractivity contribution in [1.82, 2.24) is 9.78 Å². The predicted molar refractivity (Wildman–Crippen MR) is 65.3 cm³/mol. The van der Waals surface area contributed by atoms with E-state index in [1.165, 1.54) is 0 Å². The van der Waals surface area contributed by atoms with Gasteiger partial charge in [-0.15, -0.1) is 0 Å². The van der Waals surface area contributed by atoms with Crippen LogP contribution in [0.15, 0.2) is 0 Å². The minimum atomic E-state index is 0.192. The quantitative estimate of drug-likeness (QED) is 0.865. The molecule has 1 atom stereocenters. The standard InChI is InChI=1S/C9H16IN3O/c1-4-14-5-6(2)13-9(11)8(10)7(3)12-13/h6H,4-5,11H2,1-3H3. The molecule has 14 heavy (non-hydrogen) atoms. The van der Waals surface area contributed by atoms with Crippen molar-refractivity contribution in [3.63, 3.8) is 0 Å². The molecule has 0 aliphatic heterocycles. The van der Waals surface area contributed by atoms with Gasteiger partial charge in [0.25, 0.3) is 0 Å². The van der Waals surface area contributed by atoms with E-state index in [9.17, 15) is 0 Å². The van der Waals surface area contributed by atoms with Gasteiger partial charge >= 0.3 is 0 Å².